The third kappa shape index (κ3) is 3.43. The van der Waals surface area contributed by atoms with E-state index in [1.54, 1.807) is 23.1 Å². The monoisotopic (exact) mass is 444 g/mol. The van der Waals surface area contributed by atoms with Gasteiger partial charge in [0.25, 0.3) is 5.91 Å². The molecule has 0 N–H and O–H groups in total. The zero-order valence-corrected chi connectivity index (χ0v) is 17.2. The Morgan fingerprint density at radius 1 is 1.10 bits per heavy atom. The molecule has 0 radical (unpaired) electrons. The first kappa shape index (κ1) is 19.9. The van der Waals surface area contributed by atoms with Crippen molar-refractivity contribution in [2.45, 2.75) is 25.1 Å². The molecule has 2 aliphatic heterocycles. The minimum Gasteiger partial charge on any atom is -0.479 e. The summed E-state index contributed by atoms with van der Waals surface area (Å²) in [6.45, 7) is -2.15. The predicted octanol–water partition coefficient (Wildman–Crippen LogP) is 5.26. The maximum absolute atomic E-state index is 13.0. The molecule has 8 heteroatoms. The highest BCUT2D eigenvalue weighted by atomic mass is 35.5. The van der Waals surface area contributed by atoms with Crippen LogP contribution in [0.4, 0.5) is 8.78 Å². The number of ether oxygens (including phenoxy) is 2. The van der Waals surface area contributed by atoms with Crippen LogP contribution in [0.2, 0.25) is 5.02 Å². The van der Waals surface area contributed by atoms with E-state index in [1.807, 2.05) is 30.5 Å². The SMILES string of the molecule is O=C(c1ccccc1OC(F)F)N1CCC2(CC1)Oc1cc(Cl)ccc1-n1cccc12. The molecule has 2 aromatic carbocycles. The van der Waals surface area contributed by atoms with Crippen LogP contribution < -0.4 is 9.47 Å². The summed E-state index contributed by atoms with van der Waals surface area (Å²) in [5, 5.41) is 0.591. The summed E-state index contributed by atoms with van der Waals surface area (Å²) in [6, 6.07) is 15.6. The van der Waals surface area contributed by atoms with Gasteiger partial charge in [0.1, 0.15) is 11.5 Å². The van der Waals surface area contributed by atoms with Gasteiger partial charge in [-0.15, -0.1) is 0 Å². The number of para-hydroxylation sites is 1. The van der Waals surface area contributed by atoms with E-state index >= 15 is 0 Å². The fourth-order valence-corrected chi connectivity index (χ4v) is 4.60. The Hall–Kier alpha value is -3.06. The van der Waals surface area contributed by atoms with Gasteiger partial charge in [-0.3, -0.25) is 4.79 Å². The molecule has 1 amide bonds. The molecule has 1 aromatic heterocycles. The van der Waals surface area contributed by atoms with E-state index in [1.165, 1.54) is 12.1 Å². The topological polar surface area (TPSA) is 43.7 Å². The highest BCUT2D eigenvalue weighted by Crippen LogP contribution is 2.46. The molecule has 0 bridgehead atoms. The van der Waals surface area contributed by atoms with Crippen LogP contribution in [-0.2, 0) is 5.60 Å². The first-order valence-electron chi connectivity index (χ1n) is 9.97. The van der Waals surface area contributed by atoms with Gasteiger partial charge in [-0.2, -0.15) is 8.78 Å². The molecule has 0 aliphatic carbocycles. The number of halogens is 3. The summed E-state index contributed by atoms with van der Waals surface area (Å²) in [4.78, 5) is 14.7. The molecule has 5 rings (SSSR count). The third-order valence-electron chi connectivity index (χ3n) is 5.89. The Bertz CT molecular complexity index is 1140. The number of carbonyl (C=O) groups excluding carboxylic acids is 1. The number of likely N-dealkylation sites (tertiary alicyclic amines) is 1. The molecule has 5 nitrogen and oxygen atoms in total. The predicted molar refractivity (Wildman–Crippen MR) is 111 cm³/mol. The number of hydrogen-bond donors (Lipinski definition) is 0. The summed E-state index contributed by atoms with van der Waals surface area (Å²) in [7, 11) is 0. The smallest absolute Gasteiger partial charge is 0.387 e. The van der Waals surface area contributed by atoms with Gasteiger partial charge < -0.3 is 18.9 Å². The standard InChI is InChI=1S/C23H19ClF2N2O3/c24-15-7-8-17-19(14-15)31-23(20-6-3-11-28(17)20)9-12-27(13-10-23)21(29)16-4-1-2-5-18(16)30-22(25)26/h1-8,11,14,22H,9-10,12-13H2. The maximum atomic E-state index is 13.0. The van der Waals surface area contributed by atoms with E-state index in [0.717, 1.165) is 11.4 Å². The van der Waals surface area contributed by atoms with Crippen LogP contribution in [0.1, 0.15) is 28.9 Å². The van der Waals surface area contributed by atoms with Crippen molar-refractivity contribution in [2.24, 2.45) is 0 Å². The van der Waals surface area contributed by atoms with Gasteiger partial charge in [-0.1, -0.05) is 23.7 Å². The molecule has 0 atom stereocenters. The van der Waals surface area contributed by atoms with Crippen molar-refractivity contribution in [3.63, 3.8) is 0 Å². The maximum Gasteiger partial charge on any atom is 0.387 e. The van der Waals surface area contributed by atoms with E-state index in [4.69, 9.17) is 16.3 Å². The molecule has 1 saturated heterocycles. The largest absolute Gasteiger partial charge is 0.479 e. The van der Waals surface area contributed by atoms with Gasteiger partial charge in [0, 0.05) is 43.2 Å². The first-order valence-corrected chi connectivity index (χ1v) is 10.3. The van der Waals surface area contributed by atoms with E-state index in [-0.39, 0.29) is 17.2 Å². The first-order chi connectivity index (χ1) is 15.0. The Balaban J connectivity index is 1.39. The van der Waals surface area contributed by atoms with E-state index < -0.39 is 12.2 Å². The van der Waals surface area contributed by atoms with Gasteiger partial charge >= 0.3 is 6.61 Å². The molecular formula is C23H19ClF2N2O3. The van der Waals surface area contributed by atoms with Crippen molar-refractivity contribution in [2.75, 3.05) is 13.1 Å². The second kappa shape index (κ2) is 7.57. The van der Waals surface area contributed by atoms with Crippen LogP contribution in [-0.4, -0.2) is 35.1 Å². The van der Waals surface area contributed by atoms with Gasteiger partial charge in [0.2, 0.25) is 0 Å². The normalized spacial score (nSPS) is 16.6. The fraction of sp³-hybridized carbons (Fsp3) is 0.261. The van der Waals surface area contributed by atoms with Crippen molar-refractivity contribution in [3.05, 3.63) is 77.1 Å². The number of piperidine rings is 1. The molecule has 0 unspecified atom stereocenters. The third-order valence-corrected chi connectivity index (χ3v) is 6.13. The minimum atomic E-state index is -2.99. The van der Waals surface area contributed by atoms with Crippen LogP contribution in [0.3, 0.4) is 0 Å². The second-order valence-electron chi connectivity index (χ2n) is 7.64. The Morgan fingerprint density at radius 3 is 2.65 bits per heavy atom. The van der Waals surface area contributed by atoms with E-state index in [9.17, 15) is 13.6 Å². The number of carbonyl (C=O) groups is 1. The van der Waals surface area contributed by atoms with Crippen molar-refractivity contribution in [3.8, 4) is 17.2 Å². The highest BCUT2D eigenvalue weighted by molar-refractivity contribution is 6.30. The molecule has 0 saturated carbocycles. The number of aromatic nitrogens is 1. The van der Waals surface area contributed by atoms with Crippen LogP contribution in [0.15, 0.2) is 60.8 Å². The molecular weight excluding hydrogens is 426 g/mol. The molecule has 3 heterocycles. The van der Waals surface area contributed by atoms with Crippen LogP contribution in [0.25, 0.3) is 5.69 Å². The molecule has 3 aromatic rings. The summed E-state index contributed by atoms with van der Waals surface area (Å²) in [5.41, 5.74) is 1.49. The van der Waals surface area contributed by atoms with Crippen LogP contribution in [0.5, 0.6) is 11.5 Å². The number of fused-ring (bicyclic) bond motifs is 4. The summed E-state index contributed by atoms with van der Waals surface area (Å²) in [5.74, 6) is 0.251. The number of amides is 1. The molecule has 160 valence electrons. The van der Waals surface area contributed by atoms with Crippen molar-refractivity contribution < 1.29 is 23.0 Å². The lowest BCUT2D eigenvalue weighted by atomic mass is 9.86. The number of hydrogen-bond acceptors (Lipinski definition) is 3. The Labute approximate surface area is 182 Å². The summed E-state index contributed by atoms with van der Waals surface area (Å²) >= 11 is 6.18. The van der Waals surface area contributed by atoms with E-state index in [0.29, 0.717) is 36.7 Å². The Morgan fingerprint density at radius 2 is 1.87 bits per heavy atom. The summed E-state index contributed by atoms with van der Waals surface area (Å²) < 4.78 is 38.6. The van der Waals surface area contributed by atoms with Gasteiger partial charge in [-0.05, 0) is 36.4 Å². The van der Waals surface area contributed by atoms with Crippen molar-refractivity contribution >= 4 is 17.5 Å². The molecule has 31 heavy (non-hydrogen) atoms. The second-order valence-corrected chi connectivity index (χ2v) is 8.08. The van der Waals surface area contributed by atoms with Crippen LogP contribution in [0, 0.1) is 0 Å². The van der Waals surface area contributed by atoms with Gasteiger partial charge in [0.15, 0.2) is 5.60 Å². The molecule has 1 spiro atoms. The molecule has 1 fully saturated rings. The quantitative estimate of drug-likeness (QED) is 0.553. The fourth-order valence-electron chi connectivity index (χ4n) is 4.44. The average molecular weight is 445 g/mol. The minimum absolute atomic E-state index is 0.117. The average Bonchev–Trinajstić information content (AvgIpc) is 3.25. The molecule has 2 aliphatic rings. The number of benzene rings is 2. The van der Waals surface area contributed by atoms with Crippen molar-refractivity contribution in [1.29, 1.82) is 0 Å². The summed E-state index contributed by atoms with van der Waals surface area (Å²) in [6.07, 6.45) is 3.11. The number of alkyl halides is 2. The zero-order valence-electron chi connectivity index (χ0n) is 16.4. The number of nitrogens with zero attached hydrogens (tertiary/aromatic N) is 2. The van der Waals surface area contributed by atoms with Crippen molar-refractivity contribution in [1.82, 2.24) is 9.47 Å². The lowest BCUT2D eigenvalue weighted by Gasteiger charge is -2.45. The lowest BCUT2D eigenvalue weighted by molar-refractivity contribution is -0.0504. The Kier molecular flexibility index (Phi) is 4.85. The van der Waals surface area contributed by atoms with Crippen LogP contribution >= 0.6 is 11.6 Å². The van der Waals surface area contributed by atoms with Gasteiger partial charge in [-0.25, -0.2) is 0 Å². The van der Waals surface area contributed by atoms with Gasteiger partial charge in [0.05, 0.1) is 16.9 Å². The zero-order chi connectivity index (χ0) is 21.6. The van der Waals surface area contributed by atoms with E-state index in [2.05, 4.69) is 9.30 Å². The highest BCUT2D eigenvalue weighted by Gasteiger charge is 2.44. The lowest BCUT2D eigenvalue weighted by Crippen LogP contribution is -2.50. The number of rotatable bonds is 3.